The minimum Gasteiger partial charge on any atom is -0.466 e. The first kappa shape index (κ1) is 84.1. The summed E-state index contributed by atoms with van der Waals surface area (Å²) in [5.41, 5.74) is 0. The minimum absolute atomic E-state index is 0.00719. The van der Waals surface area contributed by atoms with E-state index in [4.69, 9.17) is 4.74 Å². The van der Waals surface area contributed by atoms with E-state index in [1.54, 1.807) is 0 Å². The van der Waals surface area contributed by atoms with Crippen molar-refractivity contribution in [3.05, 3.63) is 36.5 Å². The van der Waals surface area contributed by atoms with Crippen LogP contribution in [0.1, 0.15) is 438 Å². The molecule has 0 aromatic rings. The number of carbonyl (C=O) groups excluding carboxylic acids is 2. The number of esters is 1. The zero-order chi connectivity index (χ0) is 62.0. The average molecular weight is 1210 g/mol. The van der Waals surface area contributed by atoms with Gasteiger partial charge in [-0.3, -0.25) is 9.59 Å². The third-order valence-electron chi connectivity index (χ3n) is 18.4. The Morgan fingerprint density at radius 1 is 0.326 bits per heavy atom. The van der Waals surface area contributed by atoms with Crippen LogP contribution in [0.2, 0.25) is 0 Å². The van der Waals surface area contributed by atoms with Gasteiger partial charge < -0.3 is 20.3 Å². The van der Waals surface area contributed by atoms with Gasteiger partial charge in [-0.25, -0.2) is 0 Å². The molecule has 0 aromatic heterocycles. The van der Waals surface area contributed by atoms with E-state index in [0.29, 0.717) is 25.9 Å². The van der Waals surface area contributed by atoms with Crippen LogP contribution in [0.3, 0.4) is 0 Å². The molecule has 0 aliphatic carbocycles. The molecule has 0 aliphatic heterocycles. The fraction of sp³-hybridized carbons (Fsp3) is 0.900. The smallest absolute Gasteiger partial charge is 0.305 e. The second-order valence-electron chi connectivity index (χ2n) is 27.0. The third-order valence-corrected chi connectivity index (χ3v) is 18.4. The van der Waals surface area contributed by atoms with E-state index in [-0.39, 0.29) is 18.5 Å². The van der Waals surface area contributed by atoms with E-state index in [0.717, 1.165) is 51.4 Å². The Morgan fingerprint density at radius 3 is 0.919 bits per heavy atom. The molecule has 0 saturated carbocycles. The summed E-state index contributed by atoms with van der Waals surface area (Å²) >= 11 is 0. The fourth-order valence-corrected chi connectivity index (χ4v) is 12.4. The van der Waals surface area contributed by atoms with Crippen molar-refractivity contribution in [3.8, 4) is 0 Å². The van der Waals surface area contributed by atoms with Crippen molar-refractivity contribution < 1.29 is 24.5 Å². The molecule has 2 unspecified atom stereocenters. The van der Waals surface area contributed by atoms with Crippen LogP contribution in [0.5, 0.6) is 0 Å². The Bertz CT molecular complexity index is 1390. The largest absolute Gasteiger partial charge is 0.466 e. The molecule has 86 heavy (non-hydrogen) atoms. The molecule has 0 aliphatic rings. The zero-order valence-corrected chi connectivity index (χ0v) is 58.3. The van der Waals surface area contributed by atoms with Gasteiger partial charge in [-0.2, -0.15) is 0 Å². The molecule has 3 N–H and O–H groups in total. The maximum Gasteiger partial charge on any atom is 0.305 e. The molecule has 6 heteroatoms. The number of rotatable bonds is 74. The van der Waals surface area contributed by atoms with Crippen LogP contribution in [0.4, 0.5) is 0 Å². The van der Waals surface area contributed by atoms with Gasteiger partial charge in [-0.1, -0.05) is 378 Å². The van der Waals surface area contributed by atoms with Gasteiger partial charge in [0.2, 0.25) is 5.91 Å². The number of allylic oxidation sites excluding steroid dienone is 6. The normalized spacial score (nSPS) is 12.7. The Hall–Kier alpha value is -1.92. The summed E-state index contributed by atoms with van der Waals surface area (Å²) in [5.74, 6) is -0.0204. The van der Waals surface area contributed by atoms with E-state index in [1.165, 1.54) is 353 Å². The van der Waals surface area contributed by atoms with E-state index in [1.807, 2.05) is 0 Å². The maximum absolute atomic E-state index is 12.6. The molecule has 0 heterocycles. The van der Waals surface area contributed by atoms with Crippen molar-refractivity contribution in [1.29, 1.82) is 0 Å². The van der Waals surface area contributed by atoms with Gasteiger partial charge in [0.15, 0.2) is 0 Å². The number of aliphatic hydroxyl groups is 2. The van der Waals surface area contributed by atoms with Crippen LogP contribution in [0.15, 0.2) is 36.5 Å². The summed E-state index contributed by atoms with van der Waals surface area (Å²) in [6.45, 7) is 4.97. The predicted molar refractivity (Wildman–Crippen MR) is 379 cm³/mol. The van der Waals surface area contributed by atoms with Crippen LogP contribution in [0.25, 0.3) is 0 Å². The number of aliphatic hydroxyl groups excluding tert-OH is 2. The highest BCUT2D eigenvalue weighted by Gasteiger charge is 2.20. The van der Waals surface area contributed by atoms with E-state index in [2.05, 4.69) is 55.6 Å². The molecule has 6 nitrogen and oxygen atoms in total. The SMILES string of the molecule is CCCCC/C=C\CCCCCCCC(=O)OCCCCCCCCCCCCC/C=C\C/C=C\CCCCCCCCCCCCCCCCCCCC(=O)NC(CO)C(O)CCCCCCCCCCCCCCCCCCCCCCCC. The summed E-state index contributed by atoms with van der Waals surface area (Å²) in [5, 5.41) is 23.5. The standard InChI is InChI=1S/C80H153NO5/c1-3-5-7-9-11-13-15-17-18-19-20-21-37-40-43-46-49-52-56-60-64-68-72-78(83)77(76-82)81-79(84)73-69-65-61-57-53-50-47-44-41-38-35-33-31-29-27-25-23-22-24-26-28-30-32-34-36-39-42-45-48-51-55-59-63-67-71-75-86-80(85)74-70-66-62-58-54-16-14-12-10-8-6-4-2/h12,14,24,26,30,32,77-78,82-83H,3-11,13,15-23,25,27-29,31,33-76H2,1-2H3,(H,81,84)/b14-12-,26-24-,32-30-. The Kier molecular flexibility index (Phi) is 73.9. The number of ether oxygens (including phenoxy) is 1. The van der Waals surface area contributed by atoms with Crippen LogP contribution in [0, 0.1) is 0 Å². The van der Waals surface area contributed by atoms with Gasteiger partial charge >= 0.3 is 5.97 Å². The quantitative estimate of drug-likeness (QED) is 0.0320. The molecule has 1 amide bonds. The van der Waals surface area contributed by atoms with E-state index >= 15 is 0 Å². The molecule has 0 saturated heterocycles. The number of nitrogens with one attached hydrogen (secondary N) is 1. The van der Waals surface area contributed by atoms with Crippen molar-refractivity contribution in [1.82, 2.24) is 5.32 Å². The molecule has 0 spiro atoms. The molecule has 2 atom stereocenters. The summed E-state index contributed by atoms with van der Waals surface area (Å²) in [7, 11) is 0. The first-order valence-electron chi connectivity index (χ1n) is 39.2. The highest BCUT2D eigenvalue weighted by Crippen LogP contribution is 2.20. The minimum atomic E-state index is -0.664. The molecule has 0 radical (unpaired) electrons. The molecule has 508 valence electrons. The lowest BCUT2D eigenvalue weighted by molar-refractivity contribution is -0.143. The van der Waals surface area contributed by atoms with Crippen LogP contribution in [-0.2, 0) is 14.3 Å². The first-order chi connectivity index (χ1) is 42.5. The van der Waals surface area contributed by atoms with Gasteiger partial charge in [0, 0.05) is 12.8 Å². The summed E-state index contributed by atoms with van der Waals surface area (Å²) in [6.07, 6.45) is 98.1. The lowest BCUT2D eigenvalue weighted by Gasteiger charge is -2.22. The molecule has 0 bridgehead atoms. The van der Waals surface area contributed by atoms with Crippen molar-refractivity contribution in [3.63, 3.8) is 0 Å². The predicted octanol–water partition coefficient (Wildman–Crippen LogP) is 25.8. The molecule has 0 aromatic carbocycles. The molecular formula is C80H153NO5. The van der Waals surface area contributed by atoms with Gasteiger partial charge in [0.1, 0.15) is 0 Å². The number of unbranched alkanes of at least 4 members (excludes halogenated alkanes) is 57. The highest BCUT2D eigenvalue weighted by atomic mass is 16.5. The third kappa shape index (κ3) is 71.2. The maximum atomic E-state index is 12.6. The lowest BCUT2D eigenvalue weighted by Crippen LogP contribution is -2.45. The number of hydrogen-bond donors (Lipinski definition) is 3. The van der Waals surface area contributed by atoms with Gasteiger partial charge in [0.05, 0.1) is 25.4 Å². The molecule has 0 rings (SSSR count). The van der Waals surface area contributed by atoms with Crippen LogP contribution < -0.4 is 5.32 Å². The molecular weight excluding hydrogens is 1050 g/mol. The average Bonchev–Trinajstić information content (AvgIpc) is 3.54. The fourth-order valence-electron chi connectivity index (χ4n) is 12.4. The van der Waals surface area contributed by atoms with Gasteiger partial charge in [0.25, 0.3) is 0 Å². The second-order valence-corrected chi connectivity index (χ2v) is 27.0. The zero-order valence-electron chi connectivity index (χ0n) is 58.3. The van der Waals surface area contributed by atoms with Crippen molar-refractivity contribution in [2.24, 2.45) is 0 Å². The van der Waals surface area contributed by atoms with Crippen molar-refractivity contribution in [2.45, 2.75) is 450 Å². The highest BCUT2D eigenvalue weighted by molar-refractivity contribution is 5.76. The van der Waals surface area contributed by atoms with Crippen LogP contribution in [-0.4, -0.2) is 47.4 Å². The summed E-state index contributed by atoms with van der Waals surface area (Å²) in [4.78, 5) is 24.6. The van der Waals surface area contributed by atoms with Crippen molar-refractivity contribution in [2.75, 3.05) is 13.2 Å². The second kappa shape index (κ2) is 75.5. The monoisotopic (exact) mass is 1210 g/mol. The van der Waals surface area contributed by atoms with Crippen LogP contribution >= 0.6 is 0 Å². The number of carbonyl (C=O) groups is 2. The van der Waals surface area contributed by atoms with E-state index in [9.17, 15) is 19.8 Å². The Balaban J connectivity index is 3.38. The van der Waals surface area contributed by atoms with Crippen molar-refractivity contribution >= 4 is 11.9 Å². The van der Waals surface area contributed by atoms with E-state index < -0.39 is 12.1 Å². The Morgan fingerprint density at radius 2 is 0.581 bits per heavy atom. The number of amides is 1. The molecule has 0 fully saturated rings. The first-order valence-corrected chi connectivity index (χ1v) is 39.2. The summed E-state index contributed by atoms with van der Waals surface area (Å²) < 4.78 is 5.48. The number of hydrogen-bond acceptors (Lipinski definition) is 5. The topological polar surface area (TPSA) is 95.9 Å². The van der Waals surface area contributed by atoms with Gasteiger partial charge in [-0.05, 0) is 83.5 Å². The summed E-state index contributed by atoms with van der Waals surface area (Å²) in [6, 6.07) is -0.541. The van der Waals surface area contributed by atoms with Gasteiger partial charge in [-0.15, -0.1) is 0 Å². The Labute approximate surface area is 538 Å². The lowest BCUT2D eigenvalue weighted by atomic mass is 10.0.